The van der Waals surface area contributed by atoms with Gasteiger partial charge < -0.3 is 43.4 Å². The maximum atomic E-state index is 12.0. The van der Waals surface area contributed by atoms with Crippen molar-refractivity contribution in [3.63, 3.8) is 0 Å². The first-order valence-corrected chi connectivity index (χ1v) is 23.2. The zero-order valence-electron chi connectivity index (χ0n) is 33.4. The number of halogens is 4. The molecule has 12 nitrogen and oxygen atoms in total. The highest BCUT2D eigenvalue weighted by atomic mass is 35.5. The quantitative estimate of drug-likeness (QED) is 0.102. The highest BCUT2D eigenvalue weighted by Gasteiger charge is 2.54. The molecular weight excluding hydrogens is 818 g/mol. The third-order valence-corrected chi connectivity index (χ3v) is 17.1. The molecule has 55 heavy (non-hydrogen) atoms. The first kappa shape index (κ1) is 49.9. The Bertz CT molecular complexity index is 1380. The van der Waals surface area contributed by atoms with Gasteiger partial charge in [-0.1, -0.05) is 120 Å². The first-order valence-electron chi connectivity index (χ1n) is 18.8. The van der Waals surface area contributed by atoms with Crippen molar-refractivity contribution in [2.45, 2.75) is 163 Å². The minimum atomic E-state index is -1.79. The van der Waals surface area contributed by atoms with Crippen LogP contribution in [0.3, 0.4) is 0 Å². The molecule has 0 aromatic heterocycles. The number of ether oxygens (including phenoxy) is 5. The topological polar surface area (TPSA) is 167 Å². The summed E-state index contributed by atoms with van der Waals surface area (Å²) in [7, 11) is -1.79. The van der Waals surface area contributed by atoms with Gasteiger partial charge in [-0.15, -0.1) is 0 Å². The molecule has 4 aliphatic rings. The van der Waals surface area contributed by atoms with Gasteiger partial charge in [0.2, 0.25) is 10.6 Å². The number of cyclic esters (lactones) is 2. The predicted molar refractivity (Wildman–Crippen MR) is 214 cm³/mol. The van der Waals surface area contributed by atoms with Crippen LogP contribution in [0.1, 0.15) is 97.9 Å². The Labute approximate surface area is 346 Å². The van der Waals surface area contributed by atoms with Gasteiger partial charge in [-0.05, 0) is 49.5 Å². The van der Waals surface area contributed by atoms with Crippen molar-refractivity contribution in [1.82, 2.24) is 0 Å². The van der Waals surface area contributed by atoms with Crippen LogP contribution >= 0.6 is 46.4 Å². The molecular formula is C38H60Cl4O12Si. The number of aliphatic hydroxyl groups excluding tert-OH is 3. The van der Waals surface area contributed by atoms with Gasteiger partial charge in [0.25, 0.3) is 0 Å². The fourth-order valence-electron chi connectivity index (χ4n) is 5.78. The van der Waals surface area contributed by atoms with E-state index in [9.17, 15) is 14.4 Å². The number of carbonyl (C=O) groups excluding carboxylic acids is 3. The lowest BCUT2D eigenvalue weighted by Crippen LogP contribution is -2.45. The number of carbonyl (C=O) groups is 3. The van der Waals surface area contributed by atoms with Gasteiger partial charge >= 0.3 is 17.9 Å². The predicted octanol–water partition coefficient (Wildman–Crippen LogP) is 7.47. The van der Waals surface area contributed by atoms with Gasteiger partial charge in [-0.25, -0.2) is 9.59 Å². The number of esters is 3. The van der Waals surface area contributed by atoms with E-state index in [1.807, 2.05) is 40.7 Å². The fourth-order valence-corrected chi connectivity index (χ4v) is 7.97. The SMILES string of the molecule is CC[C@H]1OC(=O)C(Cl)(Cl)[C@H]1C.CC[C@H]1OC(=O)C[C@H]1O[Si](C)(C)C(C)(C)C.CC[C@H]1OC(OC(=O)c2ccccc2)C(Cl)(Cl)[C@H]1C.OC[C@H]1OC(O)C[C@H]1O. The molecule has 0 saturated carbocycles. The smallest absolute Gasteiger partial charge is 0.343 e. The summed E-state index contributed by atoms with van der Waals surface area (Å²) < 4.78 is 29.4. The highest BCUT2D eigenvalue weighted by molar-refractivity contribution is 6.74. The largest absolute Gasteiger partial charge is 0.460 e. The second-order valence-electron chi connectivity index (χ2n) is 15.6. The van der Waals surface area contributed by atoms with Crippen LogP contribution < -0.4 is 0 Å². The Morgan fingerprint density at radius 1 is 0.873 bits per heavy atom. The summed E-state index contributed by atoms with van der Waals surface area (Å²) in [5.74, 6) is -1.34. The van der Waals surface area contributed by atoms with E-state index in [1.165, 1.54) is 0 Å². The van der Waals surface area contributed by atoms with E-state index in [1.54, 1.807) is 24.3 Å². The molecule has 1 aromatic rings. The lowest BCUT2D eigenvalue weighted by molar-refractivity contribution is -0.142. The van der Waals surface area contributed by atoms with E-state index in [0.29, 0.717) is 12.0 Å². The van der Waals surface area contributed by atoms with E-state index >= 15 is 0 Å². The highest BCUT2D eigenvalue weighted by Crippen LogP contribution is 2.46. The maximum Gasteiger partial charge on any atom is 0.343 e. The van der Waals surface area contributed by atoms with Gasteiger partial charge in [0.15, 0.2) is 18.9 Å². The molecule has 0 aliphatic carbocycles. The first-order chi connectivity index (χ1) is 25.4. The molecule has 0 spiro atoms. The number of rotatable bonds is 8. The fraction of sp³-hybridized carbons (Fsp3) is 0.763. The molecule has 0 bridgehead atoms. The van der Waals surface area contributed by atoms with Crippen LogP contribution in [-0.2, 0) is 37.7 Å². The van der Waals surface area contributed by atoms with Crippen LogP contribution in [-0.4, -0.2) is 106 Å². The van der Waals surface area contributed by atoms with Gasteiger partial charge in [-0.2, -0.15) is 0 Å². The molecule has 3 N–H and O–H groups in total. The summed E-state index contributed by atoms with van der Waals surface area (Å²) >= 11 is 24.0. The number of aliphatic hydroxyl groups is 3. The van der Waals surface area contributed by atoms with Crippen molar-refractivity contribution >= 4 is 72.6 Å². The van der Waals surface area contributed by atoms with Gasteiger partial charge in [0.1, 0.15) is 18.3 Å². The third kappa shape index (κ3) is 13.4. The van der Waals surface area contributed by atoms with Crippen LogP contribution in [0.5, 0.6) is 0 Å². The second kappa shape index (κ2) is 21.2. The molecule has 5 rings (SSSR count). The summed E-state index contributed by atoms with van der Waals surface area (Å²) in [5.41, 5.74) is 0.447. The van der Waals surface area contributed by atoms with Gasteiger partial charge in [0, 0.05) is 18.3 Å². The number of hydrogen-bond donors (Lipinski definition) is 3. The minimum absolute atomic E-state index is 0.0293. The zero-order chi connectivity index (χ0) is 42.1. The van der Waals surface area contributed by atoms with E-state index in [-0.39, 0.29) is 60.3 Å². The van der Waals surface area contributed by atoms with E-state index in [0.717, 1.165) is 19.3 Å². The van der Waals surface area contributed by atoms with Crippen LogP contribution in [0, 0.1) is 11.8 Å². The lowest BCUT2D eigenvalue weighted by Gasteiger charge is -2.38. The third-order valence-electron chi connectivity index (χ3n) is 10.6. The van der Waals surface area contributed by atoms with Crippen LogP contribution in [0.4, 0.5) is 0 Å². The molecule has 10 atom stereocenters. The minimum Gasteiger partial charge on any atom is -0.460 e. The Morgan fingerprint density at radius 3 is 1.82 bits per heavy atom. The monoisotopic (exact) mass is 876 g/mol. The molecule has 4 saturated heterocycles. The average molecular weight is 879 g/mol. The Kier molecular flexibility index (Phi) is 19.2. The number of alkyl halides is 4. The van der Waals surface area contributed by atoms with Crippen molar-refractivity contribution in [3.8, 4) is 0 Å². The summed E-state index contributed by atoms with van der Waals surface area (Å²) in [6.07, 6.45) is -0.483. The molecule has 4 aliphatic heterocycles. The second-order valence-corrected chi connectivity index (χ2v) is 23.2. The lowest BCUT2D eigenvalue weighted by atomic mass is 10.0. The standard InChI is InChI=1S/C14H16Cl2O3.C12H24O3Si.C7H10Cl2O2.C5H10O4/c1-3-11-9(2)14(15,16)13(18-11)19-12(17)10-7-5-4-6-8-10;1-7-9-10(8-11(13)14-9)15-16(5,6)12(2,3)4;1-3-5-4(2)7(8,9)6(10)11-5;6-2-4-3(7)1-5(8)9-4/h4-9,11,13H,3H2,1-2H3;9-10H,7-8H2,1-6H3;4-5H,3H2,1-2H3;3-8H,1-2H2/t9-,11+,13?;9-,10-;4-,5+;3-,4-,5?/m0101/s1. The Morgan fingerprint density at radius 2 is 1.44 bits per heavy atom. The maximum absolute atomic E-state index is 12.0. The Balaban J connectivity index is 0.000000263. The molecule has 0 amide bonds. The van der Waals surface area contributed by atoms with Crippen molar-refractivity contribution in [2.75, 3.05) is 6.61 Å². The summed E-state index contributed by atoms with van der Waals surface area (Å²) in [4.78, 5) is 34.2. The molecule has 2 unspecified atom stereocenters. The molecule has 4 fully saturated rings. The van der Waals surface area contributed by atoms with Crippen molar-refractivity contribution in [3.05, 3.63) is 35.9 Å². The number of hydrogen-bond acceptors (Lipinski definition) is 12. The van der Waals surface area contributed by atoms with E-state index in [2.05, 4.69) is 38.6 Å². The summed E-state index contributed by atoms with van der Waals surface area (Å²) in [6.45, 7) is 20.5. The average Bonchev–Trinajstić information content (AvgIpc) is 3.77. The van der Waals surface area contributed by atoms with E-state index < -0.39 is 53.7 Å². The van der Waals surface area contributed by atoms with Crippen molar-refractivity contribution in [1.29, 1.82) is 0 Å². The molecule has 17 heteroatoms. The van der Waals surface area contributed by atoms with Crippen molar-refractivity contribution in [2.24, 2.45) is 11.8 Å². The normalized spacial score (nSPS) is 32.2. The molecule has 0 radical (unpaired) electrons. The summed E-state index contributed by atoms with van der Waals surface area (Å²) in [6, 6.07) is 8.69. The van der Waals surface area contributed by atoms with Crippen LogP contribution in [0.2, 0.25) is 18.1 Å². The van der Waals surface area contributed by atoms with E-state index in [4.69, 9.17) is 85.1 Å². The molecule has 1 aromatic carbocycles. The van der Waals surface area contributed by atoms with Crippen molar-refractivity contribution < 1.29 is 57.8 Å². The molecule has 4 heterocycles. The van der Waals surface area contributed by atoms with Crippen LogP contribution in [0.25, 0.3) is 0 Å². The Hall–Kier alpha value is -1.23. The van der Waals surface area contributed by atoms with Gasteiger partial charge in [0.05, 0.1) is 36.9 Å². The zero-order valence-corrected chi connectivity index (χ0v) is 37.5. The number of benzene rings is 1. The van der Waals surface area contributed by atoms with Gasteiger partial charge in [-0.3, -0.25) is 4.79 Å². The molecule has 316 valence electrons. The van der Waals surface area contributed by atoms with Crippen LogP contribution in [0.15, 0.2) is 30.3 Å². The summed E-state index contributed by atoms with van der Waals surface area (Å²) in [5, 5.41) is 26.3.